The van der Waals surface area contributed by atoms with Crippen molar-refractivity contribution in [2.75, 3.05) is 13.1 Å². The van der Waals surface area contributed by atoms with Gasteiger partial charge in [0.05, 0.1) is 17.1 Å². The van der Waals surface area contributed by atoms with Crippen LogP contribution in [0.15, 0.2) is 35.4 Å². The minimum Gasteiger partial charge on any atom is -0.317 e. The fourth-order valence-corrected chi connectivity index (χ4v) is 4.10. The largest absolute Gasteiger partial charge is 0.317 e. The van der Waals surface area contributed by atoms with Crippen molar-refractivity contribution in [2.24, 2.45) is 7.05 Å². The van der Waals surface area contributed by atoms with Crippen molar-refractivity contribution in [1.82, 2.24) is 29.5 Å². The number of aromatic nitrogens is 5. The molecule has 7 nitrogen and oxygen atoms in total. The van der Waals surface area contributed by atoms with Crippen molar-refractivity contribution in [3.63, 3.8) is 0 Å². The predicted octanol–water partition coefficient (Wildman–Crippen LogP) is 2.98. The van der Waals surface area contributed by atoms with E-state index < -0.39 is 5.82 Å². The third kappa shape index (κ3) is 3.46. The van der Waals surface area contributed by atoms with E-state index in [2.05, 4.69) is 15.4 Å². The van der Waals surface area contributed by atoms with Gasteiger partial charge >= 0.3 is 0 Å². The van der Waals surface area contributed by atoms with E-state index in [-0.39, 0.29) is 18.0 Å². The normalized spacial score (nSPS) is 14.9. The van der Waals surface area contributed by atoms with Crippen LogP contribution in [0.1, 0.15) is 30.1 Å². The number of piperidine rings is 1. The van der Waals surface area contributed by atoms with Gasteiger partial charge in [0.1, 0.15) is 5.52 Å². The zero-order valence-electron chi connectivity index (χ0n) is 16.7. The second-order valence-electron chi connectivity index (χ2n) is 7.65. The Kier molecular flexibility index (Phi) is 5.29. The molecule has 0 amide bonds. The first-order valence-corrected chi connectivity index (χ1v) is 9.74. The van der Waals surface area contributed by atoms with Crippen LogP contribution in [0.4, 0.5) is 4.39 Å². The molecule has 0 aliphatic carbocycles. The highest BCUT2D eigenvalue weighted by atomic mass is 35.5. The fourth-order valence-electron chi connectivity index (χ4n) is 4.10. The van der Waals surface area contributed by atoms with Crippen molar-refractivity contribution >= 4 is 29.0 Å². The number of fused-ring (bicyclic) bond motifs is 2. The first kappa shape index (κ1) is 20.4. The van der Waals surface area contributed by atoms with Crippen molar-refractivity contribution in [2.45, 2.75) is 25.7 Å². The van der Waals surface area contributed by atoms with Gasteiger partial charge in [-0.15, -0.1) is 12.4 Å². The van der Waals surface area contributed by atoms with E-state index in [9.17, 15) is 9.18 Å². The Morgan fingerprint density at radius 3 is 2.67 bits per heavy atom. The van der Waals surface area contributed by atoms with Crippen LogP contribution in [0.5, 0.6) is 0 Å². The van der Waals surface area contributed by atoms with Gasteiger partial charge in [-0.2, -0.15) is 5.10 Å². The minimum absolute atomic E-state index is 0. The van der Waals surface area contributed by atoms with E-state index in [0.29, 0.717) is 39.4 Å². The van der Waals surface area contributed by atoms with Gasteiger partial charge in [-0.25, -0.2) is 9.37 Å². The zero-order chi connectivity index (χ0) is 20.1. The maximum atomic E-state index is 14.5. The molecule has 30 heavy (non-hydrogen) atoms. The summed E-state index contributed by atoms with van der Waals surface area (Å²) in [5, 5.41) is 8.14. The zero-order valence-corrected chi connectivity index (χ0v) is 17.5. The van der Waals surface area contributed by atoms with Gasteiger partial charge in [-0.05, 0) is 45.0 Å². The number of hydrogen-bond donors (Lipinski definition) is 1. The van der Waals surface area contributed by atoms with E-state index in [1.807, 2.05) is 13.1 Å². The summed E-state index contributed by atoms with van der Waals surface area (Å²) in [6.45, 7) is 3.77. The van der Waals surface area contributed by atoms with Gasteiger partial charge in [0.25, 0.3) is 5.56 Å². The van der Waals surface area contributed by atoms with E-state index in [4.69, 9.17) is 4.98 Å². The van der Waals surface area contributed by atoms with Crippen LogP contribution < -0.4 is 10.9 Å². The molecule has 156 valence electrons. The highest BCUT2D eigenvalue weighted by Gasteiger charge is 2.19. The van der Waals surface area contributed by atoms with Crippen LogP contribution in [0.25, 0.3) is 27.8 Å². The number of rotatable bonds is 2. The molecule has 0 atom stereocenters. The fraction of sp³-hybridized carbons (Fsp3) is 0.333. The third-order valence-electron chi connectivity index (χ3n) is 5.56. The molecular formula is C21H22ClFN6O. The molecule has 1 saturated heterocycles. The van der Waals surface area contributed by atoms with Crippen molar-refractivity contribution < 1.29 is 4.39 Å². The predicted molar refractivity (Wildman–Crippen MR) is 116 cm³/mol. The molecule has 1 N–H and O–H groups in total. The summed E-state index contributed by atoms with van der Waals surface area (Å²) in [7, 11) is 1.74. The SMILES string of the molecule is Cc1nc(C2CCNCC2)cn2c(=O)cc(-c3cc(F)c4nn(C)cc4c3)nc12.Cl. The third-order valence-corrected chi connectivity index (χ3v) is 5.56. The van der Waals surface area contributed by atoms with Gasteiger partial charge in [-0.1, -0.05) is 0 Å². The molecule has 5 rings (SSSR count). The van der Waals surface area contributed by atoms with Crippen LogP contribution in [-0.4, -0.2) is 37.2 Å². The number of nitrogens with zero attached hydrogens (tertiary/aromatic N) is 5. The van der Waals surface area contributed by atoms with Crippen LogP contribution in [-0.2, 0) is 7.05 Å². The summed E-state index contributed by atoms with van der Waals surface area (Å²) in [6, 6.07) is 4.63. The average Bonchev–Trinajstić information content (AvgIpc) is 3.10. The Balaban J connectivity index is 0.00000218. The summed E-state index contributed by atoms with van der Waals surface area (Å²) >= 11 is 0. The number of halogens is 2. The highest BCUT2D eigenvalue weighted by molar-refractivity contribution is 5.85. The smallest absolute Gasteiger partial charge is 0.258 e. The lowest BCUT2D eigenvalue weighted by Crippen LogP contribution is -2.28. The second kappa shape index (κ2) is 7.77. The molecule has 0 radical (unpaired) electrons. The topological polar surface area (TPSA) is 77.1 Å². The molecule has 1 aliphatic heterocycles. The maximum absolute atomic E-state index is 14.5. The van der Waals surface area contributed by atoms with Gasteiger partial charge < -0.3 is 5.32 Å². The molecular weight excluding hydrogens is 407 g/mol. The summed E-state index contributed by atoms with van der Waals surface area (Å²) in [5.41, 5.74) is 3.20. The lowest BCUT2D eigenvalue weighted by Gasteiger charge is -2.22. The highest BCUT2D eigenvalue weighted by Crippen LogP contribution is 2.27. The summed E-state index contributed by atoms with van der Waals surface area (Å²) in [6.07, 6.45) is 5.56. The summed E-state index contributed by atoms with van der Waals surface area (Å²) < 4.78 is 17.6. The first-order valence-electron chi connectivity index (χ1n) is 9.74. The maximum Gasteiger partial charge on any atom is 0.258 e. The summed E-state index contributed by atoms with van der Waals surface area (Å²) in [5.74, 6) is -0.0933. The molecule has 1 aromatic carbocycles. The number of nitrogens with one attached hydrogen (secondary N) is 1. The van der Waals surface area contributed by atoms with Gasteiger partial charge in [0, 0.05) is 42.4 Å². The number of hydrogen-bond acceptors (Lipinski definition) is 5. The van der Waals surface area contributed by atoms with E-state index in [1.54, 1.807) is 28.4 Å². The van der Waals surface area contributed by atoms with E-state index >= 15 is 0 Å². The van der Waals surface area contributed by atoms with Crippen molar-refractivity contribution in [3.05, 3.63) is 58.2 Å². The molecule has 0 bridgehead atoms. The van der Waals surface area contributed by atoms with E-state index in [0.717, 1.165) is 31.6 Å². The Hall–Kier alpha value is -2.84. The van der Waals surface area contributed by atoms with Crippen molar-refractivity contribution in [3.8, 4) is 11.3 Å². The van der Waals surface area contributed by atoms with Gasteiger partial charge in [0.2, 0.25) is 0 Å². The molecule has 9 heteroatoms. The first-order chi connectivity index (χ1) is 14.0. The molecule has 1 fully saturated rings. The Labute approximate surface area is 178 Å². The standard InChI is InChI=1S/C21H21FN6O.ClH/c1-12-21-25-17(14-7-15-10-27(2)26-20(15)16(22)8-14)9-19(29)28(21)11-18(24-12)13-3-5-23-6-4-13;/h7-11,13,23H,3-6H2,1-2H3;1H. The molecule has 0 saturated carbocycles. The molecule has 4 aromatic rings. The Bertz CT molecular complexity index is 1310. The summed E-state index contributed by atoms with van der Waals surface area (Å²) in [4.78, 5) is 22.3. The van der Waals surface area contributed by atoms with Crippen LogP contribution in [0.2, 0.25) is 0 Å². The average molecular weight is 429 g/mol. The molecule has 3 aromatic heterocycles. The van der Waals surface area contributed by atoms with Crippen LogP contribution in [0, 0.1) is 12.7 Å². The number of benzene rings is 1. The minimum atomic E-state index is -0.434. The molecule has 0 unspecified atom stereocenters. The Morgan fingerprint density at radius 1 is 1.13 bits per heavy atom. The number of aryl methyl sites for hydroxylation is 2. The van der Waals surface area contributed by atoms with Crippen LogP contribution >= 0.6 is 12.4 Å². The Morgan fingerprint density at radius 2 is 1.90 bits per heavy atom. The van der Waals surface area contributed by atoms with E-state index in [1.165, 1.54) is 12.1 Å². The second-order valence-corrected chi connectivity index (χ2v) is 7.65. The van der Waals surface area contributed by atoms with Gasteiger partial charge in [-0.3, -0.25) is 18.9 Å². The van der Waals surface area contributed by atoms with Crippen LogP contribution in [0.3, 0.4) is 0 Å². The monoisotopic (exact) mass is 428 g/mol. The van der Waals surface area contributed by atoms with Crippen molar-refractivity contribution in [1.29, 1.82) is 0 Å². The lowest BCUT2D eigenvalue weighted by atomic mass is 9.95. The molecule has 0 spiro atoms. The quantitative estimate of drug-likeness (QED) is 0.531. The van der Waals surface area contributed by atoms with Gasteiger partial charge in [0.15, 0.2) is 11.5 Å². The molecule has 1 aliphatic rings. The lowest BCUT2D eigenvalue weighted by molar-refractivity contribution is 0.451. The molecule has 4 heterocycles.